The number of benzene rings is 2. The van der Waals surface area contributed by atoms with Gasteiger partial charge in [0.25, 0.3) is 0 Å². The average Bonchev–Trinajstić information content (AvgIpc) is 2.33. The molecule has 0 bridgehead atoms. The molecule has 0 spiro atoms. The molecular formula is C15H16BrFN2. The van der Waals surface area contributed by atoms with Gasteiger partial charge >= 0.3 is 0 Å². The second-order valence-corrected chi connectivity index (χ2v) is 5.57. The van der Waals surface area contributed by atoms with E-state index in [4.69, 9.17) is 5.73 Å². The van der Waals surface area contributed by atoms with Crippen molar-refractivity contribution >= 4 is 21.6 Å². The van der Waals surface area contributed by atoms with Gasteiger partial charge in [-0.15, -0.1) is 0 Å². The molecule has 0 aromatic heterocycles. The van der Waals surface area contributed by atoms with Crippen LogP contribution in [0.25, 0.3) is 0 Å². The van der Waals surface area contributed by atoms with Crippen LogP contribution in [0.15, 0.2) is 46.9 Å². The van der Waals surface area contributed by atoms with Crippen molar-refractivity contribution in [2.45, 2.75) is 13.1 Å². The van der Waals surface area contributed by atoms with Crippen molar-refractivity contribution < 1.29 is 4.39 Å². The third kappa shape index (κ3) is 4.04. The Morgan fingerprint density at radius 1 is 1.16 bits per heavy atom. The predicted octanol–water partition coefficient (Wildman–Crippen LogP) is 3.80. The number of rotatable bonds is 4. The van der Waals surface area contributed by atoms with Gasteiger partial charge in [0.05, 0.1) is 0 Å². The topological polar surface area (TPSA) is 29.3 Å². The number of hydrogen-bond donors (Lipinski definition) is 1. The summed E-state index contributed by atoms with van der Waals surface area (Å²) >= 11 is 3.45. The zero-order valence-electron chi connectivity index (χ0n) is 10.7. The molecule has 2 aromatic carbocycles. The van der Waals surface area contributed by atoms with Crippen LogP contribution in [0.4, 0.5) is 10.1 Å². The highest BCUT2D eigenvalue weighted by molar-refractivity contribution is 9.10. The third-order valence-electron chi connectivity index (χ3n) is 2.86. The standard InChI is InChI=1S/C15H16BrFN2/c1-19(9-11-3-2-4-13(16)7-11)10-12-5-6-14(18)8-15(12)17/h2-8H,9-10,18H2,1H3. The van der Waals surface area contributed by atoms with Crippen molar-refractivity contribution in [2.75, 3.05) is 12.8 Å². The maximum absolute atomic E-state index is 13.7. The first-order valence-corrected chi connectivity index (χ1v) is 6.81. The van der Waals surface area contributed by atoms with Gasteiger partial charge in [-0.1, -0.05) is 34.1 Å². The van der Waals surface area contributed by atoms with Crippen LogP contribution >= 0.6 is 15.9 Å². The molecule has 2 N–H and O–H groups in total. The predicted molar refractivity (Wildman–Crippen MR) is 80.1 cm³/mol. The minimum Gasteiger partial charge on any atom is -0.399 e. The van der Waals surface area contributed by atoms with Crippen molar-refractivity contribution in [3.63, 3.8) is 0 Å². The van der Waals surface area contributed by atoms with Crippen molar-refractivity contribution in [3.8, 4) is 0 Å². The number of anilines is 1. The fourth-order valence-electron chi connectivity index (χ4n) is 1.99. The molecule has 0 aliphatic rings. The highest BCUT2D eigenvalue weighted by Gasteiger charge is 2.07. The minimum atomic E-state index is -0.249. The van der Waals surface area contributed by atoms with Gasteiger partial charge in [0.15, 0.2) is 0 Å². The minimum absolute atomic E-state index is 0.249. The Morgan fingerprint density at radius 2 is 1.95 bits per heavy atom. The third-order valence-corrected chi connectivity index (χ3v) is 3.35. The summed E-state index contributed by atoms with van der Waals surface area (Å²) < 4.78 is 14.8. The Kier molecular flexibility index (Phi) is 4.56. The van der Waals surface area contributed by atoms with E-state index in [9.17, 15) is 4.39 Å². The summed E-state index contributed by atoms with van der Waals surface area (Å²) in [4.78, 5) is 2.07. The van der Waals surface area contributed by atoms with Crippen LogP contribution in [0.3, 0.4) is 0 Å². The molecule has 0 atom stereocenters. The molecule has 19 heavy (non-hydrogen) atoms. The van der Waals surface area contributed by atoms with Gasteiger partial charge in [0, 0.05) is 28.8 Å². The summed E-state index contributed by atoms with van der Waals surface area (Å²) in [6, 6.07) is 12.9. The lowest BCUT2D eigenvalue weighted by atomic mass is 10.1. The molecule has 4 heteroatoms. The summed E-state index contributed by atoms with van der Waals surface area (Å²) in [6.07, 6.45) is 0. The van der Waals surface area contributed by atoms with Gasteiger partial charge in [0.2, 0.25) is 0 Å². The maximum atomic E-state index is 13.7. The number of nitrogen functional groups attached to an aromatic ring is 1. The van der Waals surface area contributed by atoms with Crippen LogP contribution in [-0.4, -0.2) is 11.9 Å². The van der Waals surface area contributed by atoms with E-state index in [0.717, 1.165) is 11.0 Å². The van der Waals surface area contributed by atoms with Gasteiger partial charge in [-0.3, -0.25) is 4.90 Å². The van der Waals surface area contributed by atoms with E-state index >= 15 is 0 Å². The second kappa shape index (κ2) is 6.17. The van der Waals surface area contributed by atoms with E-state index in [2.05, 4.69) is 33.0 Å². The summed E-state index contributed by atoms with van der Waals surface area (Å²) in [6.45, 7) is 1.32. The Hall–Kier alpha value is -1.39. The Morgan fingerprint density at radius 3 is 2.63 bits per heavy atom. The maximum Gasteiger partial charge on any atom is 0.129 e. The molecule has 0 unspecified atom stereocenters. The summed E-state index contributed by atoms with van der Waals surface area (Å²) in [5.41, 5.74) is 7.84. The molecule has 0 amide bonds. The van der Waals surface area contributed by atoms with Crippen LogP contribution in [0, 0.1) is 5.82 Å². The van der Waals surface area contributed by atoms with E-state index in [0.29, 0.717) is 17.8 Å². The second-order valence-electron chi connectivity index (χ2n) is 4.65. The quantitative estimate of drug-likeness (QED) is 0.867. The molecular weight excluding hydrogens is 307 g/mol. The normalized spacial score (nSPS) is 10.9. The number of nitrogens with two attached hydrogens (primary N) is 1. The van der Waals surface area contributed by atoms with Gasteiger partial charge < -0.3 is 5.73 Å². The molecule has 0 fully saturated rings. The summed E-state index contributed by atoms with van der Waals surface area (Å²) in [5, 5.41) is 0. The lowest BCUT2D eigenvalue weighted by molar-refractivity contribution is 0.313. The average molecular weight is 323 g/mol. The first-order valence-electron chi connectivity index (χ1n) is 6.01. The number of hydrogen-bond acceptors (Lipinski definition) is 2. The number of nitrogens with zero attached hydrogens (tertiary/aromatic N) is 1. The van der Waals surface area contributed by atoms with Gasteiger partial charge in [-0.05, 0) is 36.9 Å². The van der Waals surface area contributed by atoms with Crippen LogP contribution in [0.1, 0.15) is 11.1 Å². The van der Waals surface area contributed by atoms with Gasteiger partial charge in [-0.25, -0.2) is 4.39 Å². The fourth-order valence-corrected chi connectivity index (χ4v) is 2.43. The van der Waals surface area contributed by atoms with Crippen molar-refractivity contribution in [1.29, 1.82) is 0 Å². The van der Waals surface area contributed by atoms with E-state index in [-0.39, 0.29) is 5.82 Å². The molecule has 100 valence electrons. The molecule has 0 aliphatic carbocycles. The van der Waals surface area contributed by atoms with E-state index < -0.39 is 0 Å². The monoisotopic (exact) mass is 322 g/mol. The zero-order chi connectivity index (χ0) is 13.8. The van der Waals surface area contributed by atoms with Crippen molar-refractivity contribution in [1.82, 2.24) is 4.90 Å². The molecule has 2 nitrogen and oxygen atoms in total. The van der Waals surface area contributed by atoms with Crippen LogP contribution in [-0.2, 0) is 13.1 Å². The highest BCUT2D eigenvalue weighted by Crippen LogP contribution is 2.16. The molecule has 0 saturated heterocycles. The van der Waals surface area contributed by atoms with E-state index in [1.54, 1.807) is 12.1 Å². The van der Waals surface area contributed by atoms with Crippen LogP contribution in [0.2, 0.25) is 0 Å². The van der Waals surface area contributed by atoms with Crippen LogP contribution in [0.5, 0.6) is 0 Å². The Labute approximate surface area is 121 Å². The SMILES string of the molecule is CN(Cc1cccc(Br)c1)Cc1ccc(N)cc1F. The Bertz CT molecular complexity index is 572. The largest absolute Gasteiger partial charge is 0.399 e. The fraction of sp³-hybridized carbons (Fsp3) is 0.200. The first-order chi connectivity index (χ1) is 9.04. The first kappa shape index (κ1) is 14.0. The summed E-state index contributed by atoms with van der Waals surface area (Å²) in [5.74, 6) is -0.249. The Balaban J connectivity index is 2.03. The van der Waals surface area contributed by atoms with Crippen LogP contribution < -0.4 is 5.73 Å². The molecule has 0 aliphatic heterocycles. The molecule has 2 aromatic rings. The molecule has 2 rings (SSSR count). The molecule has 0 saturated carbocycles. The molecule has 0 heterocycles. The number of halogens is 2. The van der Waals surface area contributed by atoms with E-state index in [1.165, 1.54) is 11.6 Å². The van der Waals surface area contributed by atoms with E-state index in [1.807, 2.05) is 19.2 Å². The van der Waals surface area contributed by atoms with Crippen molar-refractivity contribution in [2.24, 2.45) is 0 Å². The lowest BCUT2D eigenvalue weighted by Gasteiger charge is -2.17. The lowest BCUT2D eigenvalue weighted by Crippen LogP contribution is -2.18. The van der Waals surface area contributed by atoms with Gasteiger partial charge in [-0.2, -0.15) is 0 Å². The zero-order valence-corrected chi connectivity index (χ0v) is 12.3. The highest BCUT2D eigenvalue weighted by atomic mass is 79.9. The smallest absolute Gasteiger partial charge is 0.129 e. The van der Waals surface area contributed by atoms with Gasteiger partial charge in [0.1, 0.15) is 5.82 Å². The molecule has 0 radical (unpaired) electrons. The summed E-state index contributed by atoms with van der Waals surface area (Å²) in [7, 11) is 1.97. The van der Waals surface area contributed by atoms with Crippen molar-refractivity contribution in [3.05, 3.63) is 63.9 Å².